The van der Waals surface area contributed by atoms with Crippen LogP contribution in [0.3, 0.4) is 0 Å². The zero-order valence-corrected chi connectivity index (χ0v) is 47.2. The molecule has 5 atom stereocenters. The fourth-order valence-corrected chi connectivity index (χ4v) is 11.6. The van der Waals surface area contributed by atoms with Crippen molar-refractivity contribution in [3.8, 4) is 17.2 Å². The summed E-state index contributed by atoms with van der Waals surface area (Å²) >= 11 is 1.11. The highest BCUT2D eigenvalue weighted by molar-refractivity contribution is 8.13. The Bertz CT molecular complexity index is 2830. The summed E-state index contributed by atoms with van der Waals surface area (Å²) in [7, 11) is 2.92. The zero-order valence-electron chi connectivity index (χ0n) is 45.5. The number of methoxy groups -OCH3 is 3. The number of nitrogens with zero attached hydrogens (tertiary/aromatic N) is 5. The van der Waals surface area contributed by atoms with E-state index in [0.717, 1.165) is 28.5 Å². The molecular weight excluding hydrogens is 1040 g/mol. The van der Waals surface area contributed by atoms with Crippen molar-refractivity contribution in [2.24, 2.45) is 5.41 Å². The number of para-hydroxylation sites is 1. The van der Waals surface area contributed by atoms with E-state index >= 15 is 0 Å². The molecule has 0 spiro atoms. The number of carbonyl (C=O) groups is 3. The van der Waals surface area contributed by atoms with Crippen molar-refractivity contribution in [3.05, 3.63) is 151 Å². The molecule has 6 aromatic rings. The van der Waals surface area contributed by atoms with Crippen molar-refractivity contribution in [1.82, 2.24) is 29.5 Å². The Hall–Kier alpha value is -6.48. The van der Waals surface area contributed by atoms with E-state index < -0.39 is 56.1 Å². The molecule has 3 heterocycles. The topological polar surface area (TPSA) is 205 Å². The lowest BCUT2D eigenvalue weighted by atomic mass is 9.80. The van der Waals surface area contributed by atoms with E-state index in [0.29, 0.717) is 34.2 Å². The molecule has 2 amide bonds. The summed E-state index contributed by atoms with van der Waals surface area (Å²) in [5.74, 6) is 1.91. The third-order valence-corrected chi connectivity index (χ3v) is 16.0. The molecule has 1 saturated heterocycles. The Balaban J connectivity index is 1.25. The van der Waals surface area contributed by atoms with E-state index in [9.17, 15) is 14.4 Å². The monoisotopic (exact) mass is 1110 g/mol. The second kappa shape index (κ2) is 27.9. The van der Waals surface area contributed by atoms with Crippen LogP contribution in [0.15, 0.2) is 135 Å². The Morgan fingerprint density at radius 1 is 0.821 bits per heavy atom. The Labute approximate surface area is 461 Å². The predicted octanol–water partition coefficient (Wildman–Crippen LogP) is 9.73. The zero-order chi connectivity index (χ0) is 55.8. The standard InChI is InChI=1S/C57H70N7O12PS/c1-11-30-71-55(67)58-35-56(6,7)54(66)78-32-31-74-77(64(38(2)3)39(4)5)76-49-46(33-73-57(40-18-14-12-15-19-40,41-22-26-43(68-8)27-23-41)42-24-28-44(69-9)29-25-42)75-53(50(49)70-10)63-37-61-48-51(59-36-60-52(48)63)62-47(65)34-72-45-20-16-13-17-21-45/h11-29,36-39,46,49-50,53H,1,30-35H2,2-10H3,(H,58,67)(H,59,60,62,65). The second-order valence-corrected chi connectivity index (χ2v) is 21.7. The van der Waals surface area contributed by atoms with Crippen molar-refractivity contribution < 1.29 is 56.6 Å². The van der Waals surface area contributed by atoms with Gasteiger partial charge in [-0.15, -0.1) is 0 Å². The van der Waals surface area contributed by atoms with Crippen molar-refractivity contribution >= 4 is 54.4 Å². The van der Waals surface area contributed by atoms with E-state index in [4.69, 9.17) is 47.2 Å². The van der Waals surface area contributed by atoms with Crippen LogP contribution in [0.1, 0.15) is 64.5 Å². The fraction of sp³-hybridized carbons (Fsp3) is 0.404. The third kappa shape index (κ3) is 14.4. The molecule has 2 aromatic heterocycles. The van der Waals surface area contributed by atoms with Gasteiger partial charge in [0.15, 0.2) is 34.9 Å². The number of aromatic nitrogens is 4. The minimum absolute atomic E-state index is 0.0537. The number of ether oxygens (including phenoxy) is 7. The lowest BCUT2D eigenvalue weighted by Crippen LogP contribution is -2.42. The van der Waals surface area contributed by atoms with Crippen LogP contribution in [-0.2, 0) is 43.2 Å². The molecule has 19 nitrogen and oxygen atoms in total. The van der Waals surface area contributed by atoms with E-state index in [2.05, 4.69) is 59.5 Å². The maximum atomic E-state index is 13.6. The van der Waals surface area contributed by atoms with E-state index in [1.807, 2.05) is 97.1 Å². The SMILES string of the molecule is C=CCOC(=O)NCC(C)(C)C(=O)SCCOP(OC1C(COC(c2ccccc2)(c2ccc(OC)cc2)c2ccc(OC)cc2)OC(n2cnc3c(NC(=O)COc4ccccc4)ncnc32)C1OC)N(C(C)C)C(C)C. The van der Waals surface area contributed by atoms with Gasteiger partial charge in [-0.3, -0.25) is 14.2 Å². The number of imidazole rings is 1. The molecule has 0 saturated carbocycles. The number of anilines is 1. The molecule has 1 fully saturated rings. The number of carbonyl (C=O) groups excluding carboxylic acids is 3. The summed E-state index contributed by atoms with van der Waals surface area (Å²) < 4.78 is 61.0. The van der Waals surface area contributed by atoms with Crippen LogP contribution in [0, 0.1) is 5.41 Å². The predicted molar refractivity (Wildman–Crippen MR) is 300 cm³/mol. The van der Waals surface area contributed by atoms with Gasteiger partial charge in [0.25, 0.3) is 14.4 Å². The summed E-state index contributed by atoms with van der Waals surface area (Å²) in [6.07, 6.45) is 0.251. The third-order valence-electron chi connectivity index (χ3n) is 12.7. The fourth-order valence-electron chi connectivity index (χ4n) is 8.91. The van der Waals surface area contributed by atoms with Crippen LogP contribution in [0.4, 0.5) is 10.6 Å². The minimum atomic E-state index is -1.91. The van der Waals surface area contributed by atoms with Gasteiger partial charge in [-0.25, -0.2) is 24.4 Å². The van der Waals surface area contributed by atoms with Gasteiger partial charge in [0.1, 0.15) is 54.1 Å². The van der Waals surface area contributed by atoms with Gasteiger partial charge in [0.05, 0.1) is 39.2 Å². The molecule has 0 radical (unpaired) electrons. The second-order valence-electron chi connectivity index (χ2n) is 19.2. The maximum absolute atomic E-state index is 13.6. The average Bonchev–Trinajstić information content (AvgIpc) is 4.15. The highest BCUT2D eigenvalue weighted by Crippen LogP contribution is 2.52. The number of alkyl carbamates (subject to hydrolysis) is 1. The van der Waals surface area contributed by atoms with E-state index in [1.165, 1.54) is 12.4 Å². The number of hydrogen-bond acceptors (Lipinski definition) is 17. The molecule has 21 heteroatoms. The van der Waals surface area contributed by atoms with Gasteiger partial charge in [-0.05, 0) is 80.8 Å². The Kier molecular flexibility index (Phi) is 21.2. The first kappa shape index (κ1) is 59.2. The van der Waals surface area contributed by atoms with Crippen molar-refractivity contribution in [2.75, 3.05) is 65.4 Å². The van der Waals surface area contributed by atoms with E-state index in [1.54, 1.807) is 58.2 Å². The van der Waals surface area contributed by atoms with Gasteiger partial charge in [0, 0.05) is 31.5 Å². The summed E-state index contributed by atoms with van der Waals surface area (Å²) in [5, 5.41) is 5.36. The van der Waals surface area contributed by atoms with Crippen LogP contribution in [0.2, 0.25) is 0 Å². The number of fused-ring (bicyclic) bond motifs is 1. The average molecular weight is 1110 g/mol. The molecule has 1 aliphatic rings. The summed E-state index contributed by atoms with van der Waals surface area (Å²) in [6, 6.07) is 34.4. The molecule has 78 heavy (non-hydrogen) atoms. The van der Waals surface area contributed by atoms with Gasteiger partial charge >= 0.3 is 6.09 Å². The summed E-state index contributed by atoms with van der Waals surface area (Å²) in [4.78, 5) is 52.7. The van der Waals surface area contributed by atoms with Crippen LogP contribution in [0.25, 0.3) is 11.2 Å². The van der Waals surface area contributed by atoms with Crippen LogP contribution in [-0.4, -0.2) is 132 Å². The van der Waals surface area contributed by atoms with E-state index in [-0.39, 0.29) is 56.0 Å². The van der Waals surface area contributed by atoms with Crippen LogP contribution in [0.5, 0.6) is 17.2 Å². The molecule has 4 aromatic carbocycles. The van der Waals surface area contributed by atoms with Gasteiger partial charge in [-0.1, -0.05) is 111 Å². The number of thioether (sulfide) groups is 1. The molecule has 1 aliphatic heterocycles. The first-order chi connectivity index (χ1) is 37.6. The van der Waals surface area contributed by atoms with Gasteiger partial charge in [0.2, 0.25) is 0 Å². The first-order valence-electron chi connectivity index (χ1n) is 25.5. The van der Waals surface area contributed by atoms with Gasteiger partial charge < -0.3 is 52.8 Å². The van der Waals surface area contributed by atoms with Gasteiger partial charge in [-0.2, -0.15) is 0 Å². The highest BCUT2D eigenvalue weighted by atomic mass is 32.2. The quantitative estimate of drug-likeness (QED) is 0.0203. The number of nitrogens with one attached hydrogen (secondary N) is 2. The molecule has 2 N–H and O–H groups in total. The Morgan fingerprint density at radius 3 is 2.03 bits per heavy atom. The lowest BCUT2D eigenvalue weighted by molar-refractivity contribution is -0.118. The largest absolute Gasteiger partial charge is 0.497 e. The molecule has 0 bridgehead atoms. The normalized spacial score (nSPS) is 17.0. The lowest BCUT2D eigenvalue weighted by Gasteiger charge is -2.39. The number of benzene rings is 4. The molecule has 7 rings (SSSR count). The first-order valence-corrected chi connectivity index (χ1v) is 27.6. The van der Waals surface area contributed by atoms with Crippen LogP contribution < -0.4 is 24.8 Å². The molecule has 5 unspecified atom stereocenters. The summed E-state index contributed by atoms with van der Waals surface area (Å²) in [5.41, 5.74) is 0.976. The van der Waals surface area contributed by atoms with Crippen molar-refractivity contribution in [3.63, 3.8) is 0 Å². The van der Waals surface area contributed by atoms with Crippen LogP contribution >= 0.6 is 20.3 Å². The molecule has 416 valence electrons. The molecular formula is C57H70N7O12PS. The van der Waals surface area contributed by atoms with Crippen molar-refractivity contribution in [2.45, 2.75) is 83.8 Å². The number of hydrogen-bond donors (Lipinski definition) is 2. The minimum Gasteiger partial charge on any atom is -0.497 e. The smallest absolute Gasteiger partial charge is 0.407 e. The highest BCUT2D eigenvalue weighted by Gasteiger charge is 2.51. The maximum Gasteiger partial charge on any atom is 0.407 e. The number of rotatable bonds is 28. The Morgan fingerprint density at radius 2 is 1.44 bits per heavy atom. The summed E-state index contributed by atoms with van der Waals surface area (Å²) in [6.45, 7) is 15.3. The molecule has 0 aliphatic carbocycles. The number of amides is 2. The van der Waals surface area contributed by atoms with Crippen molar-refractivity contribution in [1.29, 1.82) is 0 Å².